The van der Waals surface area contributed by atoms with Crippen molar-refractivity contribution in [1.29, 1.82) is 0 Å². The smallest absolute Gasteiger partial charge is 0.295 e. The molecule has 0 spiro atoms. The molecule has 0 aromatic heterocycles. The van der Waals surface area contributed by atoms with Crippen LogP contribution >= 0.6 is 0 Å². The largest absolute Gasteiger partial charge is 0.377 e. The highest BCUT2D eigenvalue weighted by Gasteiger charge is 2.22. The average molecular weight is 266 g/mol. The predicted molar refractivity (Wildman–Crippen MR) is 72.7 cm³/mol. The van der Waals surface area contributed by atoms with Crippen molar-refractivity contribution in [3.8, 4) is 0 Å². The Morgan fingerprint density at radius 1 is 1.37 bits per heavy atom. The molecule has 104 valence electrons. The molecule has 5 heteroatoms. The molecular weight excluding hydrogens is 247 g/mol. The number of hydrogen-bond donors (Lipinski definition) is 1. The highest BCUT2D eigenvalue weighted by atomic mass is 19.1. The Hall–Kier alpha value is -1.65. The fraction of sp³-hybridized carbons (Fsp3) is 0.571. The summed E-state index contributed by atoms with van der Waals surface area (Å²) in [5.41, 5.74) is 0.240. The van der Waals surface area contributed by atoms with E-state index in [4.69, 9.17) is 0 Å². The minimum atomic E-state index is -0.577. The molecule has 2 rings (SSSR count). The zero-order chi connectivity index (χ0) is 13.8. The van der Waals surface area contributed by atoms with Crippen LogP contribution < -0.4 is 5.32 Å². The number of benzene rings is 1. The van der Waals surface area contributed by atoms with Gasteiger partial charge in [0.25, 0.3) is 5.69 Å². The molecule has 0 atom stereocenters. The lowest BCUT2D eigenvalue weighted by Crippen LogP contribution is -2.26. The standard InChI is InChI=1S/C14H19FN2O2/c1-2-10-3-6-12(7-4-10)16-13-8-5-11(15)9-14(13)17(18)19/h5,8-10,12,16H,2-4,6-7H2,1H3. The lowest BCUT2D eigenvalue weighted by Gasteiger charge is -2.29. The quantitative estimate of drug-likeness (QED) is 0.659. The zero-order valence-electron chi connectivity index (χ0n) is 11.1. The van der Waals surface area contributed by atoms with Gasteiger partial charge in [0.05, 0.1) is 11.0 Å². The van der Waals surface area contributed by atoms with Gasteiger partial charge in [-0.15, -0.1) is 0 Å². The molecule has 0 aliphatic heterocycles. The van der Waals surface area contributed by atoms with Crippen LogP contribution in [0.4, 0.5) is 15.8 Å². The van der Waals surface area contributed by atoms with Crippen LogP contribution in [-0.4, -0.2) is 11.0 Å². The second-order valence-electron chi connectivity index (χ2n) is 5.19. The molecule has 1 aromatic carbocycles. The molecule has 19 heavy (non-hydrogen) atoms. The van der Waals surface area contributed by atoms with E-state index in [0.29, 0.717) is 5.69 Å². The number of nitrogens with zero attached hydrogens (tertiary/aromatic N) is 1. The maximum absolute atomic E-state index is 13.1. The number of anilines is 1. The molecule has 0 saturated heterocycles. The third-order valence-electron chi connectivity index (χ3n) is 3.94. The number of nitro benzene ring substituents is 1. The summed E-state index contributed by atoms with van der Waals surface area (Å²) in [6.45, 7) is 2.20. The third-order valence-corrected chi connectivity index (χ3v) is 3.94. The highest BCUT2D eigenvalue weighted by Crippen LogP contribution is 2.31. The minimum absolute atomic E-state index is 0.183. The SMILES string of the molecule is CCC1CCC(Nc2ccc(F)cc2[N+](=O)[O-])CC1. The van der Waals surface area contributed by atoms with Crippen molar-refractivity contribution >= 4 is 11.4 Å². The van der Waals surface area contributed by atoms with Crippen molar-refractivity contribution in [2.45, 2.75) is 45.1 Å². The summed E-state index contributed by atoms with van der Waals surface area (Å²) in [6, 6.07) is 3.94. The Morgan fingerprint density at radius 3 is 2.63 bits per heavy atom. The van der Waals surface area contributed by atoms with E-state index in [0.717, 1.165) is 37.7 Å². The zero-order valence-corrected chi connectivity index (χ0v) is 11.1. The second kappa shape index (κ2) is 5.99. The van der Waals surface area contributed by atoms with Gasteiger partial charge in [0.2, 0.25) is 0 Å². The Labute approximate surface area is 112 Å². The molecule has 1 aliphatic carbocycles. The van der Waals surface area contributed by atoms with Gasteiger partial charge in [-0.3, -0.25) is 10.1 Å². The molecule has 0 bridgehead atoms. The number of hydrogen-bond acceptors (Lipinski definition) is 3. The Kier molecular flexibility index (Phi) is 4.35. The van der Waals surface area contributed by atoms with Crippen molar-refractivity contribution < 1.29 is 9.31 Å². The van der Waals surface area contributed by atoms with Crippen LogP contribution in [0.3, 0.4) is 0 Å². The van der Waals surface area contributed by atoms with E-state index in [1.165, 1.54) is 18.6 Å². The van der Waals surface area contributed by atoms with E-state index in [9.17, 15) is 14.5 Å². The molecular formula is C14H19FN2O2. The topological polar surface area (TPSA) is 55.2 Å². The normalized spacial score (nSPS) is 23.1. The van der Waals surface area contributed by atoms with Crippen LogP contribution in [0.25, 0.3) is 0 Å². The molecule has 0 heterocycles. The maximum atomic E-state index is 13.1. The molecule has 1 fully saturated rings. The van der Waals surface area contributed by atoms with Crippen molar-refractivity contribution in [3.05, 3.63) is 34.1 Å². The van der Waals surface area contributed by atoms with Gasteiger partial charge in [-0.1, -0.05) is 13.3 Å². The van der Waals surface area contributed by atoms with Crippen LogP contribution in [0, 0.1) is 21.8 Å². The van der Waals surface area contributed by atoms with Crippen molar-refractivity contribution in [3.63, 3.8) is 0 Å². The van der Waals surface area contributed by atoms with Gasteiger partial charge in [0, 0.05) is 6.04 Å². The Morgan fingerprint density at radius 2 is 2.05 bits per heavy atom. The first-order valence-corrected chi connectivity index (χ1v) is 6.80. The van der Waals surface area contributed by atoms with Crippen molar-refractivity contribution in [2.75, 3.05) is 5.32 Å². The van der Waals surface area contributed by atoms with Gasteiger partial charge >= 0.3 is 0 Å². The van der Waals surface area contributed by atoms with Gasteiger partial charge in [-0.05, 0) is 43.7 Å². The molecule has 0 unspecified atom stereocenters. The molecule has 1 aliphatic rings. The van der Waals surface area contributed by atoms with Gasteiger partial charge in [0.15, 0.2) is 0 Å². The van der Waals surface area contributed by atoms with Gasteiger partial charge in [-0.2, -0.15) is 0 Å². The van der Waals surface area contributed by atoms with Crippen LogP contribution in [0.15, 0.2) is 18.2 Å². The van der Waals surface area contributed by atoms with Gasteiger partial charge in [0.1, 0.15) is 11.5 Å². The van der Waals surface area contributed by atoms with Crippen LogP contribution in [0.5, 0.6) is 0 Å². The summed E-state index contributed by atoms with van der Waals surface area (Å²) in [6.07, 6.45) is 5.55. The van der Waals surface area contributed by atoms with Crippen molar-refractivity contribution in [2.24, 2.45) is 5.92 Å². The maximum Gasteiger partial charge on any atom is 0.295 e. The van der Waals surface area contributed by atoms with E-state index >= 15 is 0 Å². The number of halogens is 1. The van der Waals surface area contributed by atoms with Crippen molar-refractivity contribution in [1.82, 2.24) is 0 Å². The monoisotopic (exact) mass is 266 g/mol. The molecule has 0 radical (unpaired) electrons. The summed E-state index contributed by atoms with van der Waals surface area (Å²) >= 11 is 0. The molecule has 1 aromatic rings. The molecule has 1 saturated carbocycles. The Balaban J connectivity index is 2.05. The van der Waals surface area contributed by atoms with Gasteiger partial charge in [-0.25, -0.2) is 4.39 Å². The molecule has 0 amide bonds. The lowest BCUT2D eigenvalue weighted by molar-refractivity contribution is -0.384. The summed E-state index contributed by atoms with van der Waals surface area (Å²) in [7, 11) is 0. The van der Waals surface area contributed by atoms with Crippen LogP contribution in [0.2, 0.25) is 0 Å². The second-order valence-corrected chi connectivity index (χ2v) is 5.19. The fourth-order valence-electron chi connectivity index (χ4n) is 2.71. The van der Waals surface area contributed by atoms with E-state index in [-0.39, 0.29) is 11.7 Å². The number of nitro groups is 1. The van der Waals surface area contributed by atoms with Crippen LogP contribution in [0.1, 0.15) is 39.0 Å². The van der Waals surface area contributed by atoms with Crippen LogP contribution in [-0.2, 0) is 0 Å². The summed E-state index contributed by atoms with van der Waals surface area (Å²) in [4.78, 5) is 10.4. The first kappa shape index (κ1) is 13.8. The summed E-state index contributed by atoms with van der Waals surface area (Å²) < 4.78 is 13.1. The Bertz CT molecular complexity index is 457. The minimum Gasteiger partial charge on any atom is -0.377 e. The summed E-state index contributed by atoms with van der Waals surface area (Å²) in [5.74, 6) is 0.202. The van der Waals surface area contributed by atoms with Gasteiger partial charge < -0.3 is 5.32 Å². The highest BCUT2D eigenvalue weighted by molar-refractivity contribution is 5.61. The fourth-order valence-corrected chi connectivity index (χ4v) is 2.71. The number of rotatable bonds is 4. The molecule has 4 nitrogen and oxygen atoms in total. The predicted octanol–water partition coefficient (Wildman–Crippen LogP) is 4.11. The number of nitrogens with one attached hydrogen (secondary N) is 1. The first-order chi connectivity index (χ1) is 9.10. The lowest BCUT2D eigenvalue weighted by atomic mass is 9.84. The van der Waals surface area contributed by atoms with E-state index in [1.54, 1.807) is 0 Å². The van der Waals surface area contributed by atoms with E-state index in [1.807, 2.05) is 0 Å². The average Bonchev–Trinajstić information content (AvgIpc) is 2.41. The first-order valence-electron chi connectivity index (χ1n) is 6.80. The van der Waals surface area contributed by atoms with E-state index in [2.05, 4.69) is 12.2 Å². The summed E-state index contributed by atoms with van der Waals surface area (Å²) in [5, 5.41) is 14.1. The third kappa shape index (κ3) is 3.43. The molecule has 1 N–H and O–H groups in total. The van der Waals surface area contributed by atoms with E-state index < -0.39 is 10.7 Å².